The summed E-state index contributed by atoms with van der Waals surface area (Å²) in [7, 11) is -3.71. The summed E-state index contributed by atoms with van der Waals surface area (Å²) in [6.45, 7) is 5.69. The first-order valence-corrected chi connectivity index (χ1v) is 9.33. The SMILES string of the molecule is CCOCCOCCOCCOCCOS(=O)(=O)c1ccccc1. The van der Waals surface area contributed by atoms with E-state index in [1.165, 1.54) is 12.1 Å². The van der Waals surface area contributed by atoms with Gasteiger partial charge in [-0.1, -0.05) is 18.2 Å². The fourth-order valence-corrected chi connectivity index (χ4v) is 2.58. The molecule has 0 unspecified atom stereocenters. The highest BCUT2D eigenvalue weighted by atomic mass is 32.2. The first-order chi connectivity index (χ1) is 11.7. The molecule has 0 fully saturated rings. The number of rotatable bonds is 15. The molecule has 0 N–H and O–H groups in total. The fraction of sp³-hybridized carbons (Fsp3) is 0.625. The average molecular weight is 362 g/mol. The van der Waals surface area contributed by atoms with E-state index in [2.05, 4.69) is 0 Å². The van der Waals surface area contributed by atoms with E-state index in [9.17, 15) is 8.42 Å². The Morgan fingerprint density at radius 2 is 1.17 bits per heavy atom. The van der Waals surface area contributed by atoms with Crippen molar-refractivity contribution in [1.82, 2.24) is 0 Å². The molecule has 0 saturated heterocycles. The predicted octanol–water partition coefficient (Wildman–Crippen LogP) is 1.48. The Labute approximate surface area is 143 Å². The lowest BCUT2D eigenvalue weighted by Crippen LogP contribution is -2.14. The first kappa shape index (κ1) is 21.0. The molecule has 138 valence electrons. The molecule has 8 heteroatoms. The zero-order chi connectivity index (χ0) is 17.5. The highest BCUT2D eigenvalue weighted by Gasteiger charge is 2.13. The van der Waals surface area contributed by atoms with Gasteiger partial charge in [0.1, 0.15) is 0 Å². The lowest BCUT2D eigenvalue weighted by Gasteiger charge is -2.08. The molecular formula is C16H26O7S. The van der Waals surface area contributed by atoms with E-state index in [-0.39, 0.29) is 18.1 Å². The molecule has 0 saturated carbocycles. The van der Waals surface area contributed by atoms with Gasteiger partial charge in [0.05, 0.1) is 57.8 Å². The Kier molecular flexibility index (Phi) is 11.6. The topological polar surface area (TPSA) is 80.3 Å². The Bertz CT molecular complexity index is 504. The third-order valence-corrected chi connectivity index (χ3v) is 4.14. The van der Waals surface area contributed by atoms with E-state index < -0.39 is 10.1 Å². The molecule has 1 aromatic carbocycles. The highest BCUT2D eigenvalue weighted by molar-refractivity contribution is 7.86. The van der Waals surface area contributed by atoms with Crippen molar-refractivity contribution < 1.29 is 31.5 Å². The van der Waals surface area contributed by atoms with Gasteiger partial charge in [-0.25, -0.2) is 0 Å². The largest absolute Gasteiger partial charge is 0.379 e. The number of hydrogen-bond donors (Lipinski definition) is 0. The van der Waals surface area contributed by atoms with Crippen molar-refractivity contribution in [2.75, 3.05) is 59.5 Å². The molecule has 0 atom stereocenters. The van der Waals surface area contributed by atoms with Gasteiger partial charge in [0.2, 0.25) is 0 Å². The molecule has 24 heavy (non-hydrogen) atoms. The van der Waals surface area contributed by atoms with Gasteiger partial charge in [-0.05, 0) is 19.1 Å². The highest BCUT2D eigenvalue weighted by Crippen LogP contribution is 2.10. The molecule has 0 aliphatic heterocycles. The molecule has 0 bridgehead atoms. The summed E-state index contributed by atoms with van der Waals surface area (Å²) in [4.78, 5) is 0.137. The standard InChI is InChI=1S/C16H26O7S/c1-2-19-8-9-20-10-11-21-12-13-22-14-15-23-24(17,18)16-6-4-3-5-7-16/h3-7H,2,8-15H2,1H3. The van der Waals surface area contributed by atoms with Crippen molar-refractivity contribution in [1.29, 1.82) is 0 Å². The molecule has 1 aromatic rings. The van der Waals surface area contributed by atoms with Crippen LogP contribution in [0.1, 0.15) is 6.92 Å². The van der Waals surface area contributed by atoms with Gasteiger partial charge >= 0.3 is 0 Å². The molecule has 0 radical (unpaired) electrons. The second-order valence-electron chi connectivity index (χ2n) is 4.62. The van der Waals surface area contributed by atoms with Crippen molar-refractivity contribution in [2.24, 2.45) is 0 Å². The van der Waals surface area contributed by atoms with Crippen LogP contribution in [0, 0.1) is 0 Å². The zero-order valence-corrected chi connectivity index (χ0v) is 14.8. The van der Waals surface area contributed by atoms with Crippen molar-refractivity contribution >= 4 is 10.1 Å². The maximum atomic E-state index is 11.8. The fourth-order valence-electron chi connectivity index (χ4n) is 1.66. The van der Waals surface area contributed by atoms with Crippen molar-refractivity contribution in [3.05, 3.63) is 30.3 Å². The molecule has 0 aromatic heterocycles. The molecule has 0 aliphatic carbocycles. The Morgan fingerprint density at radius 3 is 1.67 bits per heavy atom. The zero-order valence-electron chi connectivity index (χ0n) is 14.0. The van der Waals surface area contributed by atoms with Crippen LogP contribution in [0.4, 0.5) is 0 Å². The minimum Gasteiger partial charge on any atom is -0.379 e. The van der Waals surface area contributed by atoms with E-state index in [1.54, 1.807) is 18.2 Å². The lowest BCUT2D eigenvalue weighted by atomic mass is 10.4. The van der Waals surface area contributed by atoms with Gasteiger partial charge in [0, 0.05) is 6.61 Å². The van der Waals surface area contributed by atoms with Crippen LogP contribution >= 0.6 is 0 Å². The second-order valence-corrected chi connectivity index (χ2v) is 6.24. The molecule has 7 nitrogen and oxygen atoms in total. The molecule has 0 aliphatic rings. The summed E-state index contributed by atoms with van der Waals surface area (Å²) in [5, 5.41) is 0. The van der Waals surface area contributed by atoms with Crippen molar-refractivity contribution in [3.63, 3.8) is 0 Å². The van der Waals surface area contributed by atoms with Gasteiger partial charge in [-0.2, -0.15) is 8.42 Å². The van der Waals surface area contributed by atoms with Gasteiger partial charge in [-0.15, -0.1) is 0 Å². The molecule has 0 spiro atoms. The Morgan fingerprint density at radius 1 is 0.708 bits per heavy atom. The van der Waals surface area contributed by atoms with E-state index in [0.717, 1.165) is 0 Å². The summed E-state index contributed by atoms with van der Waals surface area (Å²) in [6.07, 6.45) is 0. The van der Waals surface area contributed by atoms with Crippen LogP contribution in [-0.2, 0) is 33.2 Å². The van der Waals surface area contributed by atoms with E-state index in [0.29, 0.717) is 46.2 Å². The van der Waals surface area contributed by atoms with Gasteiger partial charge in [0.15, 0.2) is 0 Å². The quantitative estimate of drug-likeness (QED) is 0.345. The summed E-state index contributed by atoms with van der Waals surface area (Å²) >= 11 is 0. The van der Waals surface area contributed by atoms with Crippen LogP contribution in [0.15, 0.2) is 35.2 Å². The first-order valence-electron chi connectivity index (χ1n) is 7.92. The maximum absolute atomic E-state index is 11.8. The van der Waals surface area contributed by atoms with Crippen molar-refractivity contribution in [3.8, 4) is 0 Å². The van der Waals surface area contributed by atoms with Gasteiger partial charge < -0.3 is 18.9 Å². The minimum absolute atomic E-state index is 0.0300. The number of ether oxygens (including phenoxy) is 4. The third kappa shape index (κ3) is 9.96. The van der Waals surface area contributed by atoms with Crippen LogP contribution in [-0.4, -0.2) is 67.9 Å². The second kappa shape index (κ2) is 13.3. The summed E-state index contributed by atoms with van der Waals surface area (Å²) in [5.74, 6) is 0. The summed E-state index contributed by atoms with van der Waals surface area (Å²) in [6, 6.07) is 8.00. The lowest BCUT2D eigenvalue weighted by molar-refractivity contribution is -0.00321. The monoisotopic (exact) mass is 362 g/mol. The van der Waals surface area contributed by atoms with Crippen LogP contribution < -0.4 is 0 Å². The van der Waals surface area contributed by atoms with Crippen LogP contribution in [0.25, 0.3) is 0 Å². The van der Waals surface area contributed by atoms with Crippen LogP contribution in [0.2, 0.25) is 0 Å². The Hall–Kier alpha value is -1.03. The molecular weight excluding hydrogens is 336 g/mol. The maximum Gasteiger partial charge on any atom is 0.297 e. The van der Waals surface area contributed by atoms with Crippen molar-refractivity contribution in [2.45, 2.75) is 11.8 Å². The van der Waals surface area contributed by atoms with Gasteiger partial charge in [-0.3, -0.25) is 4.18 Å². The molecule has 1 rings (SSSR count). The third-order valence-electron chi connectivity index (χ3n) is 2.82. The number of benzene rings is 1. The van der Waals surface area contributed by atoms with E-state index in [1.807, 2.05) is 6.92 Å². The van der Waals surface area contributed by atoms with E-state index in [4.69, 9.17) is 23.1 Å². The number of hydrogen-bond acceptors (Lipinski definition) is 7. The van der Waals surface area contributed by atoms with Crippen LogP contribution in [0.3, 0.4) is 0 Å². The average Bonchev–Trinajstić information content (AvgIpc) is 2.60. The normalized spacial score (nSPS) is 11.7. The summed E-state index contributed by atoms with van der Waals surface area (Å²) in [5.41, 5.74) is 0. The molecule has 0 heterocycles. The van der Waals surface area contributed by atoms with E-state index >= 15 is 0 Å². The van der Waals surface area contributed by atoms with Gasteiger partial charge in [0.25, 0.3) is 10.1 Å². The predicted molar refractivity (Wildman–Crippen MR) is 88.5 cm³/mol. The van der Waals surface area contributed by atoms with Crippen LogP contribution in [0.5, 0.6) is 0 Å². The minimum atomic E-state index is -3.71. The summed E-state index contributed by atoms with van der Waals surface area (Å²) < 4.78 is 49.5. The Balaban J connectivity index is 1.92. The molecule has 0 amide bonds. The smallest absolute Gasteiger partial charge is 0.297 e.